The summed E-state index contributed by atoms with van der Waals surface area (Å²) in [6, 6.07) is 0. The third-order valence-electron chi connectivity index (χ3n) is 4.56. The molecule has 0 aromatic rings. The number of ether oxygens (including phenoxy) is 1. The van der Waals surface area contributed by atoms with Gasteiger partial charge in [0, 0.05) is 26.2 Å². The molecule has 6 heteroatoms. The Labute approximate surface area is 135 Å². The van der Waals surface area contributed by atoms with Gasteiger partial charge in [-0.3, -0.25) is 0 Å². The van der Waals surface area contributed by atoms with Gasteiger partial charge < -0.3 is 4.74 Å². The van der Waals surface area contributed by atoms with Gasteiger partial charge in [-0.05, 0) is 32.6 Å². The molecule has 0 amide bonds. The molecule has 2 aliphatic rings. The lowest BCUT2D eigenvalue weighted by Crippen LogP contribution is -2.53. The molecule has 1 saturated heterocycles. The lowest BCUT2D eigenvalue weighted by molar-refractivity contribution is -0.0455. The van der Waals surface area contributed by atoms with Crippen LogP contribution in [0.2, 0.25) is 0 Å². The van der Waals surface area contributed by atoms with Crippen LogP contribution in [0.3, 0.4) is 0 Å². The molecule has 2 fully saturated rings. The van der Waals surface area contributed by atoms with Gasteiger partial charge in [-0.15, -0.1) is 6.58 Å². The number of hydrogen-bond donors (Lipinski definition) is 0. The molecule has 0 aromatic carbocycles. The molecule has 0 spiro atoms. The van der Waals surface area contributed by atoms with Crippen molar-refractivity contribution in [1.82, 2.24) is 8.61 Å². The minimum atomic E-state index is -3.44. The number of rotatable bonds is 6. The minimum Gasteiger partial charge on any atom is -0.373 e. The summed E-state index contributed by atoms with van der Waals surface area (Å²) in [5.41, 5.74) is 0. The summed E-state index contributed by atoms with van der Waals surface area (Å²) in [5.74, 6) is 0.486. The fourth-order valence-electron chi connectivity index (χ4n) is 3.55. The Balaban J connectivity index is 2.08. The average Bonchev–Trinajstić information content (AvgIpc) is 2.47. The van der Waals surface area contributed by atoms with Gasteiger partial charge in [0.05, 0.1) is 12.2 Å². The second kappa shape index (κ2) is 7.90. The molecule has 1 aliphatic heterocycles. The third kappa shape index (κ3) is 4.54. The predicted octanol–water partition coefficient (Wildman–Crippen LogP) is 2.41. The van der Waals surface area contributed by atoms with Crippen molar-refractivity contribution in [3.8, 4) is 0 Å². The lowest BCUT2D eigenvalue weighted by atomic mass is 9.89. The van der Waals surface area contributed by atoms with Gasteiger partial charge in [0.1, 0.15) is 0 Å². The Morgan fingerprint density at radius 3 is 2.32 bits per heavy atom. The largest absolute Gasteiger partial charge is 0.373 e. The van der Waals surface area contributed by atoms with Crippen LogP contribution < -0.4 is 0 Å². The first kappa shape index (κ1) is 17.9. The quantitative estimate of drug-likeness (QED) is 0.703. The van der Waals surface area contributed by atoms with Crippen LogP contribution in [0.25, 0.3) is 0 Å². The van der Waals surface area contributed by atoms with Crippen molar-refractivity contribution >= 4 is 10.2 Å². The predicted molar refractivity (Wildman–Crippen MR) is 88.8 cm³/mol. The first-order valence-corrected chi connectivity index (χ1v) is 9.84. The summed E-state index contributed by atoms with van der Waals surface area (Å²) < 4.78 is 34.8. The van der Waals surface area contributed by atoms with E-state index in [9.17, 15) is 8.42 Å². The fraction of sp³-hybridized carbons (Fsp3) is 0.875. The van der Waals surface area contributed by atoms with Crippen LogP contribution in [0.1, 0.15) is 46.0 Å². The molecule has 0 radical (unpaired) electrons. The van der Waals surface area contributed by atoms with Crippen LogP contribution in [0.5, 0.6) is 0 Å². The van der Waals surface area contributed by atoms with Crippen molar-refractivity contribution in [1.29, 1.82) is 0 Å². The van der Waals surface area contributed by atoms with Crippen molar-refractivity contribution < 1.29 is 13.2 Å². The van der Waals surface area contributed by atoms with E-state index in [0.29, 0.717) is 32.1 Å². The second-order valence-corrected chi connectivity index (χ2v) is 8.62. The molecular weight excluding hydrogens is 300 g/mol. The summed E-state index contributed by atoms with van der Waals surface area (Å²) in [5, 5.41) is 0. The molecule has 0 unspecified atom stereocenters. The van der Waals surface area contributed by atoms with Gasteiger partial charge in [-0.25, -0.2) is 0 Å². The first-order chi connectivity index (χ1) is 10.4. The van der Waals surface area contributed by atoms with E-state index in [-0.39, 0.29) is 12.2 Å². The highest BCUT2D eigenvalue weighted by Crippen LogP contribution is 2.26. The van der Waals surface area contributed by atoms with Crippen molar-refractivity contribution in [2.24, 2.45) is 5.92 Å². The summed E-state index contributed by atoms with van der Waals surface area (Å²) in [4.78, 5) is 0. The topological polar surface area (TPSA) is 49.9 Å². The average molecular weight is 330 g/mol. The molecule has 0 aromatic heterocycles. The summed E-state index contributed by atoms with van der Waals surface area (Å²) in [6.07, 6.45) is 7.57. The van der Waals surface area contributed by atoms with Crippen LogP contribution in [0.15, 0.2) is 12.7 Å². The Hall–Kier alpha value is -0.430. The first-order valence-electron chi connectivity index (χ1n) is 8.45. The SMILES string of the molecule is C=CCN(CC1CCCCC1)S(=O)(=O)N1C[C@H](C)O[C@@H](C)C1. The molecule has 0 N–H and O–H groups in total. The molecule has 2 atom stereocenters. The normalized spacial score (nSPS) is 28.9. The smallest absolute Gasteiger partial charge is 0.282 e. The van der Waals surface area contributed by atoms with Crippen LogP contribution in [0, 0.1) is 5.92 Å². The third-order valence-corrected chi connectivity index (χ3v) is 6.46. The van der Waals surface area contributed by atoms with Gasteiger partial charge in [0.15, 0.2) is 0 Å². The van der Waals surface area contributed by atoms with Crippen LogP contribution in [0.4, 0.5) is 0 Å². The van der Waals surface area contributed by atoms with Crippen molar-refractivity contribution in [3.63, 3.8) is 0 Å². The molecule has 22 heavy (non-hydrogen) atoms. The van der Waals surface area contributed by atoms with Gasteiger partial charge in [-0.1, -0.05) is 25.3 Å². The minimum absolute atomic E-state index is 0.0567. The van der Waals surface area contributed by atoms with E-state index in [1.807, 2.05) is 13.8 Å². The van der Waals surface area contributed by atoms with Gasteiger partial charge in [-0.2, -0.15) is 17.0 Å². The Kier molecular flexibility index (Phi) is 6.44. The fourth-order valence-corrected chi connectivity index (χ4v) is 5.36. The lowest BCUT2D eigenvalue weighted by Gasteiger charge is -2.38. The van der Waals surface area contributed by atoms with Crippen molar-refractivity contribution in [2.45, 2.75) is 58.2 Å². The van der Waals surface area contributed by atoms with E-state index in [1.165, 1.54) is 19.3 Å². The standard InChI is InChI=1S/C16H30N2O3S/c1-4-10-17(13-16-8-6-5-7-9-16)22(19,20)18-11-14(2)21-15(3)12-18/h4,14-16H,1,5-13H2,2-3H3/t14-,15-/m0/s1. The highest BCUT2D eigenvalue weighted by Gasteiger charge is 2.35. The number of nitrogens with zero attached hydrogens (tertiary/aromatic N) is 2. The molecular formula is C16H30N2O3S. The molecule has 1 heterocycles. The molecule has 5 nitrogen and oxygen atoms in total. The Morgan fingerprint density at radius 1 is 1.18 bits per heavy atom. The van der Waals surface area contributed by atoms with Gasteiger partial charge >= 0.3 is 0 Å². The van der Waals surface area contributed by atoms with E-state index in [2.05, 4.69) is 6.58 Å². The zero-order valence-electron chi connectivity index (χ0n) is 13.9. The van der Waals surface area contributed by atoms with E-state index < -0.39 is 10.2 Å². The maximum Gasteiger partial charge on any atom is 0.282 e. The van der Waals surface area contributed by atoms with Crippen molar-refractivity contribution in [3.05, 3.63) is 12.7 Å². The molecule has 0 bridgehead atoms. The van der Waals surface area contributed by atoms with Crippen molar-refractivity contribution in [2.75, 3.05) is 26.2 Å². The summed E-state index contributed by atoms with van der Waals surface area (Å²) in [7, 11) is -3.44. The van der Waals surface area contributed by atoms with Crippen LogP contribution in [-0.4, -0.2) is 55.4 Å². The van der Waals surface area contributed by atoms with Gasteiger partial charge in [0.2, 0.25) is 0 Å². The highest BCUT2D eigenvalue weighted by molar-refractivity contribution is 7.86. The number of morpholine rings is 1. The maximum atomic E-state index is 13.0. The monoisotopic (exact) mass is 330 g/mol. The van der Waals surface area contributed by atoms with E-state index in [0.717, 1.165) is 12.8 Å². The zero-order valence-corrected chi connectivity index (χ0v) is 14.7. The van der Waals surface area contributed by atoms with Gasteiger partial charge in [0.25, 0.3) is 10.2 Å². The zero-order chi connectivity index (χ0) is 16.2. The maximum absolute atomic E-state index is 13.0. The molecule has 128 valence electrons. The summed E-state index contributed by atoms with van der Waals surface area (Å²) in [6.45, 7) is 9.47. The van der Waals surface area contributed by atoms with E-state index in [1.54, 1.807) is 14.7 Å². The summed E-state index contributed by atoms with van der Waals surface area (Å²) >= 11 is 0. The second-order valence-electron chi connectivity index (χ2n) is 6.69. The Bertz CT molecular complexity index is 450. The van der Waals surface area contributed by atoms with Crippen LogP contribution >= 0.6 is 0 Å². The molecule has 2 rings (SSSR count). The number of hydrogen-bond acceptors (Lipinski definition) is 3. The van der Waals surface area contributed by atoms with Crippen LogP contribution in [-0.2, 0) is 14.9 Å². The highest BCUT2D eigenvalue weighted by atomic mass is 32.2. The van der Waals surface area contributed by atoms with E-state index in [4.69, 9.17) is 4.74 Å². The van der Waals surface area contributed by atoms with E-state index >= 15 is 0 Å². The Morgan fingerprint density at radius 2 is 1.77 bits per heavy atom. The molecule has 1 saturated carbocycles. The molecule has 1 aliphatic carbocycles.